The fourth-order valence-electron chi connectivity index (χ4n) is 4.89. The Balaban J connectivity index is 1.58. The molecule has 48 heavy (non-hydrogen) atoms. The van der Waals surface area contributed by atoms with Gasteiger partial charge in [0.05, 0.1) is 48.2 Å². The van der Waals surface area contributed by atoms with Crippen LogP contribution in [0.15, 0.2) is 192 Å². The normalized spacial score (nSPS) is 20.4. The van der Waals surface area contributed by atoms with Crippen LogP contribution in [0.2, 0.25) is 0 Å². The number of benzene rings is 8. The minimum Gasteiger partial charge on any atom is -0.455 e. The smallest absolute Gasteiger partial charge is 0.143 e. The molecule has 0 bridgehead atoms. The van der Waals surface area contributed by atoms with Gasteiger partial charge in [-0.1, -0.05) is 145 Å². The second-order valence-corrected chi connectivity index (χ2v) is 9.77. The molecule has 8 aromatic carbocycles. The number of furan rings is 1. The first-order chi connectivity index (χ1) is 36.7. The predicted octanol–water partition coefficient (Wildman–Crippen LogP) is 13.2. The number of rotatable bonds is 6. The van der Waals surface area contributed by atoms with Gasteiger partial charge in [-0.2, -0.15) is 0 Å². The van der Waals surface area contributed by atoms with Crippen molar-refractivity contribution in [3.63, 3.8) is 0 Å². The highest BCUT2D eigenvalue weighted by molar-refractivity contribution is 6.20. The van der Waals surface area contributed by atoms with Crippen LogP contribution in [0.25, 0.3) is 66.1 Å². The van der Waals surface area contributed by atoms with Crippen molar-refractivity contribution in [1.29, 1.82) is 0 Å². The van der Waals surface area contributed by atoms with E-state index in [0.717, 1.165) is 0 Å². The van der Waals surface area contributed by atoms with E-state index in [1.807, 2.05) is 0 Å². The summed E-state index contributed by atoms with van der Waals surface area (Å²) >= 11 is 0. The zero-order chi connectivity index (χ0) is 58.8. The quantitative estimate of drug-likeness (QED) is 0.179. The van der Waals surface area contributed by atoms with Crippen molar-refractivity contribution < 1.29 is 46.9 Å². The van der Waals surface area contributed by atoms with E-state index in [2.05, 4.69) is 0 Å². The zero-order valence-electron chi connectivity index (χ0n) is 54.9. The highest BCUT2D eigenvalue weighted by Crippen LogP contribution is 2.45. The first-order valence-corrected chi connectivity index (χ1v) is 13.8. The van der Waals surface area contributed by atoms with Gasteiger partial charge in [-0.25, -0.2) is 0 Å². The number of anilines is 3. The molecule has 0 saturated carbocycles. The lowest BCUT2D eigenvalue weighted by Gasteiger charge is -2.27. The molecule has 9 rings (SSSR count). The summed E-state index contributed by atoms with van der Waals surface area (Å²) in [6.07, 6.45) is 0. The van der Waals surface area contributed by atoms with Gasteiger partial charge in [0.25, 0.3) is 0 Å². The van der Waals surface area contributed by atoms with Crippen LogP contribution in [0.4, 0.5) is 17.1 Å². The third kappa shape index (κ3) is 4.92. The molecule has 0 atom stereocenters. The lowest BCUT2D eigenvalue weighted by atomic mass is 9.99. The van der Waals surface area contributed by atoms with Gasteiger partial charge in [-0.15, -0.1) is 0 Å². The maximum atomic E-state index is 10.2. The average molecular weight is 645 g/mol. The number of fused-ring (bicyclic) bond motifs is 5. The fraction of sp³-hybridized carbons (Fsp3) is 0. The molecule has 9 aromatic rings. The van der Waals surface area contributed by atoms with Crippen molar-refractivity contribution in [2.75, 3.05) is 4.90 Å². The van der Waals surface area contributed by atoms with E-state index in [4.69, 9.17) is 30.5 Å². The Morgan fingerprint density at radius 1 is 0.354 bits per heavy atom. The van der Waals surface area contributed by atoms with Gasteiger partial charge in [-0.05, 0) is 75.7 Å². The maximum Gasteiger partial charge on any atom is 0.143 e. The molecular formula is C46H31NO. The standard InChI is InChI=1S/C46H31NO/c1-4-12-32(13-5-1)35-20-25-38(26-21-35)47(39-27-22-36(23-28-39)33-14-6-2-7-15-33)44-31-43-42-30-37(34-16-8-3-9-17-34)24-29-45(42)48-46(43)41-19-11-10-18-40(41)44/h1-31H/i1D,2D,3D,4D,5D,6D,7D,8D,9D,10D,11D,12D,13D,14D,15D,16D,17D,18D,19D,20D,21D,22D,23D,24D,25D,26D,27D,28D,29D,30D,31D. The van der Waals surface area contributed by atoms with Crippen LogP contribution in [-0.2, 0) is 0 Å². The molecule has 0 radical (unpaired) electrons. The van der Waals surface area contributed by atoms with E-state index in [1.54, 1.807) is 0 Å². The van der Waals surface area contributed by atoms with E-state index in [1.165, 1.54) is 0 Å². The summed E-state index contributed by atoms with van der Waals surface area (Å²) in [5.41, 5.74) is -10.0. The molecule has 0 saturated heterocycles. The van der Waals surface area contributed by atoms with Crippen molar-refractivity contribution >= 4 is 49.8 Å². The minimum absolute atomic E-state index is 0.364. The summed E-state index contributed by atoms with van der Waals surface area (Å²) in [5.74, 6) is 0. The molecule has 0 spiro atoms. The Kier molecular flexibility index (Phi) is 2.59. The van der Waals surface area contributed by atoms with Crippen LogP contribution < -0.4 is 4.90 Å². The Labute approximate surface area is 323 Å². The molecule has 0 fully saturated rings. The van der Waals surface area contributed by atoms with Crippen LogP contribution >= 0.6 is 0 Å². The minimum atomic E-state index is -1.29. The zero-order valence-corrected chi connectivity index (χ0v) is 23.9. The third-order valence-electron chi connectivity index (χ3n) is 7.00. The molecule has 1 heterocycles. The van der Waals surface area contributed by atoms with Crippen LogP contribution in [0.5, 0.6) is 0 Å². The van der Waals surface area contributed by atoms with Crippen molar-refractivity contribution in [2.24, 2.45) is 0 Å². The fourth-order valence-corrected chi connectivity index (χ4v) is 4.89. The van der Waals surface area contributed by atoms with Crippen LogP contribution in [0, 0.1) is 0 Å². The molecule has 0 aliphatic carbocycles. The summed E-state index contributed by atoms with van der Waals surface area (Å²) in [4.78, 5) is 0.364. The molecule has 0 aliphatic rings. The van der Waals surface area contributed by atoms with E-state index in [9.17, 15) is 16.4 Å². The molecule has 0 unspecified atom stereocenters. The number of hydrogen-bond donors (Lipinski definition) is 0. The Hall–Kier alpha value is -6.38. The van der Waals surface area contributed by atoms with Crippen molar-refractivity contribution in [2.45, 2.75) is 0 Å². The second-order valence-electron chi connectivity index (χ2n) is 9.77. The molecule has 2 heteroatoms. The summed E-state index contributed by atoms with van der Waals surface area (Å²) in [6.45, 7) is 0. The van der Waals surface area contributed by atoms with Crippen LogP contribution in [0.3, 0.4) is 0 Å². The summed E-state index contributed by atoms with van der Waals surface area (Å²) in [6, 6.07) is -32.5. The summed E-state index contributed by atoms with van der Waals surface area (Å²) in [7, 11) is 0. The highest BCUT2D eigenvalue weighted by Gasteiger charge is 2.21. The summed E-state index contributed by atoms with van der Waals surface area (Å²) in [5, 5.41) is -3.10. The predicted molar refractivity (Wildman–Crippen MR) is 202 cm³/mol. The monoisotopic (exact) mass is 644 g/mol. The number of hydrogen-bond acceptors (Lipinski definition) is 2. The highest BCUT2D eigenvalue weighted by atomic mass is 16.3. The SMILES string of the molecule is [2H]c1c([2H])c([2H])c(-c2c([2H])c([2H])c(N(c3c([2H])c([2H])c(-c4c([2H])c([2H])c([2H])c([2H])c4[2H])c([2H])c3[2H])c3c([2H])c4c(oc5c([2H])c([2H])c(-c6c([2H])c([2H])c([2H])c([2H])c6[2H])c([2H])c54)c4c([2H])c([2H])c([2H])c([2H])c34)c([2H])c2[2H])c([2H])c1[2H]. The topological polar surface area (TPSA) is 16.4 Å². The molecule has 0 aliphatic heterocycles. The third-order valence-corrected chi connectivity index (χ3v) is 7.00. The van der Waals surface area contributed by atoms with Gasteiger partial charge >= 0.3 is 0 Å². The summed E-state index contributed by atoms with van der Waals surface area (Å²) < 4.78 is 282. The van der Waals surface area contributed by atoms with Gasteiger partial charge in [0, 0.05) is 32.9 Å². The van der Waals surface area contributed by atoms with E-state index >= 15 is 0 Å². The Morgan fingerprint density at radius 3 is 1.33 bits per heavy atom. The molecule has 2 nitrogen and oxygen atoms in total. The lowest BCUT2D eigenvalue weighted by molar-refractivity contribution is 0.672. The molecular weight excluding hydrogens is 583 g/mol. The first-order valence-electron chi connectivity index (χ1n) is 29.3. The van der Waals surface area contributed by atoms with E-state index in [0.29, 0.717) is 4.90 Å². The van der Waals surface area contributed by atoms with Crippen molar-refractivity contribution in [3.8, 4) is 33.4 Å². The van der Waals surface area contributed by atoms with E-state index < -0.39 is 270 Å². The van der Waals surface area contributed by atoms with Gasteiger partial charge < -0.3 is 9.32 Å². The first kappa shape index (κ1) is 10.6. The molecule has 226 valence electrons. The van der Waals surface area contributed by atoms with Crippen LogP contribution in [-0.4, -0.2) is 0 Å². The Morgan fingerprint density at radius 2 is 0.792 bits per heavy atom. The Bertz CT molecular complexity index is 4060. The van der Waals surface area contributed by atoms with Crippen molar-refractivity contribution in [1.82, 2.24) is 0 Å². The van der Waals surface area contributed by atoms with Crippen molar-refractivity contribution in [3.05, 3.63) is 187 Å². The van der Waals surface area contributed by atoms with E-state index in [-0.39, 0.29) is 0 Å². The van der Waals surface area contributed by atoms with Gasteiger partial charge in [0.2, 0.25) is 0 Å². The lowest BCUT2D eigenvalue weighted by Crippen LogP contribution is -2.10. The second kappa shape index (κ2) is 11.8. The van der Waals surface area contributed by atoms with Crippen LogP contribution in [0.1, 0.15) is 42.5 Å². The molecule has 1 aromatic heterocycles. The largest absolute Gasteiger partial charge is 0.455 e. The van der Waals surface area contributed by atoms with Gasteiger partial charge in [-0.3, -0.25) is 0 Å². The van der Waals surface area contributed by atoms with Gasteiger partial charge in [0.1, 0.15) is 11.2 Å². The number of nitrogens with zero attached hydrogens (tertiary/aromatic N) is 1. The molecule has 0 amide bonds. The van der Waals surface area contributed by atoms with Gasteiger partial charge in [0.15, 0.2) is 0 Å². The average Bonchev–Trinajstić information content (AvgIpc) is 3.49. The maximum absolute atomic E-state index is 10.2. The molecule has 0 N–H and O–H groups in total.